The number of hydrogen-bond donors (Lipinski definition) is 0. The average Bonchev–Trinajstić information content (AvgIpc) is 2.54. The minimum absolute atomic E-state index is 1.21. The molecule has 0 heterocycles. The Balaban J connectivity index is 2.69. The molecule has 0 amide bonds. The van der Waals surface area contributed by atoms with Crippen LogP contribution >= 0.6 is 0 Å². The van der Waals surface area contributed by atoms with Crippen LogP contribution in [0.3, 0.4) is 0 Å². The molecular formula is C18H32BOSi. The number of rotatable bonds is 12. The van der Waals surface area contributed by atoms with E-state index in [1.165, 1.54) is 62.1 Å². The summed E-state index contributed by atoms with van der Waals surface area (Å²) in [6.07, 6.45) is 7.80. The maximum Gasteiger partial charge on any atom is 0.318 e. The lowest BCUT2D eigenvalue weighted by Crippen LogP contribution is -2.42. The molecule has 1 aromatic rings. The summed E-state index contributed by atoms with van der Waals surface area (Å²) in [5.74, 6) is 0. The van der Waals surface area contributed by atoms with E-state index in [0.29, 0.717) is 0 Å². The second-order valence-corrected chi connectivity index (χ2v) is 10.2. The van der Waals surface area contributed by atoms with Crippen LogP contribution in [0.4, 0.5) is 0 Å². The molecule has 0 aliphatic carbocycles. The predicted molar refractivity (Wildman–Crippen MR) is 97.8 cm³/mol. The summed E-state index contributed by atoms with van der Waals surface area (Å²) in [6, 6.07) is 14.5. The highest BCUT2D eigenvalue weighted by atomic mass is 28.4. The van der Waals surface area contributed by atoms with Crippen molar-refractivity contribution in [3.05, 3.63) is 30.3 Å². The third-order valence-electron chi connectivity index (χ3n) is 4.20. The fourth-order valence-corrected chi connectivity index (χ4v) is 7.26. The highest BCUT2D eigenvalue weighted by Crippen LogP contribution is 2.29. The van der Waals surface area contributed by atoms with Gasteiger partial charge in [-0.3, -0.25) is 0 Å². The summed E-state index contributed by atoms with van der Waals surface area (Å²) < 4.78 is 6.54. The summed E-state index contributed by atoms with van der Waals surface area (Å²) in [4.78, 5) is 0. The molecule has 0 atom stereocenters. The molecule has 1 nitrogen and oxygen atoms in total. The van der Waals surface area contributed by atoms with Gasteiger partial charge in [-0.1, -0.05) is 95.1 Å². The van der Waals surface area contributed by atoms with Gasteiger partial charge in [0, 0.05) is 0 Å². The fraction of sp³-hybridized carbons (Fsp3) is 0.667. The third-order valence-corrected chi connectivity index (χ3v) is 8.61. The van der Waals surface area contributed by atoms with Gasteiger partial charge in [-0.05, 0) is 18.1 Å². The Hall–Kier alpha value is -0.538. The molecule has 21 heavy (non-hydrogen) atoms. The van der Waals surface area contributed by atoms with Gasteiger partial charge >= 0.3 is 7.48 Å². The Kier molecular flexibility index (Phi) is 9.77. The lowest BCUT2D eigenvalue weighted by atomic mass is 9.89. The monoisotopic (exact) mass is 303 g/mol. The topological polar surface area (TPSA) is 9.23 Å². The molecule has 1 aromatic carbocycles. The quantitative estimate of drug-likeness (QED) is 0.476. The Morgan fingerprint density at radius 2 is 1.29 bits per heavy atom. The number of hydrogen-bond acceptors (Lipinski definition) is 1. The number of unbranched alkanes of at least 4 members (excludes halogenated alkanes) is 3. The molecule has 0 aliphatic heterocycles. The van der Waals surface area contributed by atoms with Crippen LogP contribution in [0.2, 0.25) is 18.1 Å². The largest absolute Gasteiger partial charge is 0.476 e. The molecule has 1 rings (SSSR count). The van der Waals surface area contributed by atoms with Crippen molar-refractivity contribution < 1.29 is 4.34 Å². The first-order valence-corrected chi connectivity index (χ1v) is 11.4. The molecule has 0 spiro atoms. The molecule has 0 fully saturated rings. The van der Waals surface area contributed by atoms with E-state index < -0.39 is 8.32 Å². The zero-order valence-corrected chi connectivity index (χ0v) is 15.2. The smallest absolute Gasteiger partial charge is 0.318 e. The summed E-state index contributed by atoms with van der Waals surface area (Å²) in [6.45, 7) is 6.87. The highest BCUT2D eigenvalue weighted by molar-refractivity contribution is 6.79. The SMILES string of the molecule is CCCC[Si](CCCC)(CCCC)O[B]c1ccccc1. The van der Waals surface area contributed by atoms with Gasteiger partial charge in [-0.25, -0.2) is 0 Å². The van der Waals surface area contributed by atoms with Crippen molar-refractivity contribution in [3.8, 4) is 0 Å². The Morgan fingerprint density at radius 1 is 0.810 bits per heavy atom. The second-order valence-electron chi connectivity index (χ2n) is 6.14. The maximum atomic E-state index is 6.54. The third kappa shape index (κ3) is 7.33. The summed E-state index contributed by atoms with van der Waals surface area (Å²) in [5, 5.41) is 0. The van der Waals surface area contributed by atoms with E-state index >= 15 is 0 Å². The lowest BCUT2D eigenvalue weighted by Gasteiger charge is -2.32. The van der Waals surface area contributed by atoms with Crippen LogP contribution < -0.4 is 5.46 Å². The summed E-state index contributed by atoms with van der Waals surface area (Å²) >= 11 is 0. The van der Waals surface area contributed by atoms with Gasteiger partial charge in [-0.15, -0.1) is 0 Å². The fourth-order valence-electron chi connectivity index (χ4n) is 2.77. The van der Waals surface area contributed by atoms with Crippen molar-refractivity contribution in [2.75, 3.05) is 0 Å². The van der Waals surface area contributed by atoms with Crippen molar-refractivity contribution in [1.82, 2.24) is 0 Å². The van der Waals surface area contributed by atoms with Crippen LogP contribution in [-0.2, 0) is 4.34 Å². The van der Waals surface area contributed by atoms with Gasteiger partial charge in [0.15, 0.2) is 8.32 Å². The van der Waals surface area contributed by atoms with Crippen molar-refractivity contribution in [2.45, 2.75) is 77.4 Å². The van der Waals surface area contributed by atoms with Crippen LogP contribution in [0, 0.1) is 0 Å². The first-order valence-electron chi connectivity index (χ1n) is 8.82. The molecule has 0 aromatic heterocycles. The van der Waals surface area contributed by atoms with E-state index in [4.69, 9.17) is 4.34 Å². The van der Waals surface area contributed by atoms with Crippen molar-refractivity contribution >= 4 is 21.3 Å². The molecular weight excluding hydrogens is 271 g/mol. The molecule has 0 saturated heterocycles. The van der Waals surface area contributed by atoms with E-state index in [1.807, 2.05) is 7.48 Å². The van der Waals surface area contributed by atoms with Gasteiger partial charge in [0.2, 0.25) is 0 Å². The maximum absolute atomic E-state index is 6.54. The van der Waals surface area contributed by atoms with E-state index in [9.17, 15) is 0 Å². The molecule has 3 heteroatoms. The molecule has 1 radical (unpaired) electrons. The standard InChI is InChI=1S/C18H32BOSi/c1-4-7-15-21(16-8-5-2,17-9-6-3)20-19-18-13-11-10-12-14-18/h10-14H,4-9,15-17H2,1-3H3. The molecule has 117 valence electrons. The summed E-state index contributed by atoms with van der Waals surface area (Å²) in [7, 11) is 0.452. The second kappa shape index (κ2) is 11.1. The normalized spacial score (nSPS) is 11.6. The van der Waals surface area contributed by atoms with Crippen molar-refractivity contribution in [3.63, 3.8) is 0 Å². The van der Waals surface area contributed by atoms with Gasteiger partial charge in [0.1, 0.15) is 0 Å². The first-order chi connectivity index (χ1) is 10.3. The number of benzene rings is 1. The van der Waals surface area contributed by atoms with E-state index in [0.717, 1.165) is 0 Å². The van der Waals surface area contributed by atoms with Gasteiger partial charge < -0.3 is 4.34 Å². The van der Waals surface area contributed by atoms with Crippen molar-refractivity contribution in [1.29, 1.82) is 0 Å². The van der Waals surface area contributed by atoms with Crippen LogP contribution in [0.5, 0.6) is 0 Å². The van der Waals surface area contributed by atoms with E-state index in [-0.39, 0.29) is 0 Å². The van der Waals surface area contributed by atoms with Gasteiger partial charge in [0.25, 0.3) is 0 Å². The van der Waals surface area contributed by atoms with Gasteiger partial charge in [0.05, 0.1) is 0 Å². The Bertz CT molecular complexity index is 334. The zero-order valence-electron chi connectivity index (χ0n) is 14.2. The molecule has 0 N–H and O–H groups in total. The van der Waals surface area contributed by atoms with Crippen LogP contribution in [0.1, 0.15) is 59.3 Å². The lowest BCUT2D eigenvalue weighted by molar-refractivity contribution is 0.547. The van der Waals surface area contributed by atoms with Crippen molar-refractivity contribution in [2.24, 2.45) is 0 Å². The summed E-state index contributed by atoms with van der Waals surface area (Å²) in [5.41, 5.74) is 1.21. The highest BCUT2D eigenvalue weighted by Gasteiger charge is 2.32. The minimum atomic E-state index is -1.60. The first kappa shape index (κ1) is 18.5. The zero-order chi connectivity index (χ0) is 15.4. The average molecular weight is 303 g/mol. The minimum Gasteiger partial charge on any atom is -0.476 e. The van der Waals surface area contributed by atoms with E-state index in [2.05, 4.69) is 51.1 Å². The van der Waals surface area contributed by atoms with Crippen LogP contribution in [0.25, 0.3) is 0 Å². The van der Waals surface area contributed by atoms with Crippen LogP contribution in [0.15, 0.2) is 30.3 Å². The molecule has 0 aliphatic rings. The molecule has 0 unspecified atom stereocenters. The molecule has 0 saturated carbocycles. The predicted octanol–water partition coefficient (Wildman–Crippen LogP) is 5.29. The molecule has 0 bridgehead atoms. The van der Waals surface area contributed by atoms with E-state index in [1.54, 1.807) is 0 Å². The Morgan fingerprint density at radius 3 is 1.71 bits per heavy atom. The van der Waals surface area contributed by atoms with Gasteiger partial charge in [-0.2, -0.15) is 0 Å². The Labute approximate surface area is 133 Å². The van der Waals surface area contributed by atoms with Crippen LogP contribution in [-0.4, -0.2) is 15.8 Å².